The maximum absolute atomic E-state index is 11.1. The van der Waals surface area contributed by atoms with Crippen LogP contribution in [0.15, 0.2) is 10.7 Å². The van der Waals surface area contributed by atoms with Crippen LogP contribution in [0.5, 0.6) is 0 Å². The van der Waals surface area contributed by atoms with Crippen LogP contribution in [0.4, 0.5) is 0 Å². The third-order valence-electron chi connectivity index (χ3n) is 2.65. The van der Waals surface area contributed by atoms with Crippen LogP contribution in [-0.2, 0) is 10.2 Å². The van der Waals surface area contributed by atoms with Crippen molar-refractivity contribution in [2.75, 3.05) is 0 Å². The maximum atomic E-state index is 11.1. The molecule has 0 bridgehead atoms. The van der Waals surface area contributed by atoms with Crippen molar-refractivity contribution in [2.45, 2.75) is 24.4 Å². The standard InChI is InChI=1S/C8H9BrN2O3/c9-5-3-10-11-6(5)8(7(13)14)1-4(12)2-8/h3-4,12H,1-2H2,(H,10,11)(H,13,14). The molecule has 0 aromatic carbocycles. The molecule has 1 fully saturated rings. The van der Waals surface area contributed by atoms with E-state index < -0.39 is 17.5 Å². The van der Waals surface area contributed by atoms with E-state index in [1.807, 2.05) is 0 Å². The van der Waals surface area contributed by atoms with E-state index in [0.717, 1.165) is 0 Å². The fourth-order valence-corrected chi connectivity index (χ4v) is 2.41. The third kappa shape index (κ3) is 1.18. The zero-order valence-corrected chi connectivity index (χ0v) is 8.78. The number of hydrogen-bond acceptors (Lipinski definition) is 3. The molecule has 6 heteroatoms. The highest BCUT2D eigenvalue weighted by Crippen LogP contribution is 2.45. The second-order valence-electron chi connectivity index (χ2n) is 3.54. The summed E-state index contributed by atoms with van der Waals surface area (Å²) in [7, 11) is 0. The quantitative estimate of drug-likeness (QED) is 0.729. The van der Waals surface area contributed by atoms with Gasteiger partial charge in [0, 0.05) is 0 Å². The Morgan fingerprint density at radius 2 is 2.36 bits per heavy atom. The number of carbonyl (C=O) groups is 1. The monoisotopic (exact) mass is 260 g/mol. The van der Waals surface area contributed by atoms with Crippen molar-refractivity contribution in [1.29, 1.82) is 0 Å². The summed E-state index contributed by atoms with van der Waals surface area (Å²) in [5.74, 6) is -0.923. The zero-order valence-electron chi connectivity index (χ0n) is 7.20. The first-order chi connectivity index (χ1) is 6.56. The lowest BCUT2D eigenvalue weighted by Gasteiger charge is -2.40. The van der Waals surface area contributed by atoms with E-state index in [-0.39, 0.29) is 12.8 Å². The van der Waals surface area contributed by atoms with Crippen LogP contribution < -0.4 is 0 Å². The van der Waals surface area contributed by atoms with E-state index in [1.54, 1.807) is 0 Å². The first kappa shape index (κ1) is 9.67. The molecule has 1 aromatic heterocycles. The van der Waals surface area contributed by atoms with Gasteiger partial charge in [0.15, 0.2) is 0 Å². The van der Waals surface area contributed by atoms with Crippen molar-refractivity contribution < 1.29 is 15.0 Å². The molecule has 1 aliphatic rings. The largest absolute Gasteiger partial charge is 0.481 e. The molecular weight excluding hydrogens is 252 g/mol. The lowest BCUT2D eigenvalue weighted by atomic mass is 9.65. The topological polar surface area (TPSA) is 86.2 Å². The number of hydrogen-bond donors (Lipinski definition) is 3. The molecule has 1 saturated carbocycles. The zero-order chi connectivity index (χ0) is 10.3. The number of nitrogens with one attached hydrogen (secondary N) is 1. The van der Waals surface area contributed by atoms with Crippen LogP contribution in [0.2, 0.25) is 0 Å². The molecule has 14 heavy (non-hydrogen) atoms. The summed E-state index contributed by atoms with van der Waals surface area (Å²) in [6, 6.07) is 0. The van der Waals surface area contributed by atoms with Crippen molar-refractivity contribution in [3.05, 3.63) is 16.4 Å². The summed E-state index contributed by atoms with van der Waals surface area (Å²) in [6.07, 6.45) is 1.47. The Morgan fingerprint density at radius 3 is 2.71 bits per heavy atom. The van der Waals surface area contributed by atoms with Gasteiger partial charge in [-0.1, -0.05) is 0 Å². The second-order valence-corrected chi connectivity index (χ2v) is 4.40. The minimum atomic E-state index is -0.991. The molecule has 0 atom stereocenters. The molecule has 5 nitrogen and oxygen atoms in total. The van der Waals surface area contributed by atoms with Crippen LogP contribution in [0, 0.1) is 0 Å². The average molecular weight is 261 g/mol. The van der Waals surface area contributed by atoms with E-state index in [2.05, 4.69) is 26.1 Å². The maximum Gasteiger partial charge on any atom is 0.315 e. The number of nitrogens with zero attached hydrogens (tertiary/aromatic N) is 1. The Hall–Kier alpha value is -0.880. The molecule has 0 unspecified atom stereocenters. The molecular formula is C8H9BrN2O3. The predicted octanol–water partition coefficient (Wildman–Crippen LogP) is 0.649. The van der Waals surface area contributed by atoms with Gasteiger partial charge in [0.1, 0.15) is 5.41 Å². The van der Waals surface area contributed by atoms with E-state index >= 15 is 0 Å². The van der Waals surface area contributed by atoms with Gasteiger partial charge in [-0.3, -0.25) is 9.89 Å². The van der Waals surface area contributed by atoms with Crippen molar-refractivity contribution in [1.82, 2.24) is 10.2 Å². The molecule has 2 rings (SSSR count). The van der Waals surface area contributed by atoms with Crippen LogP contribution in [0.3, 0.4) is 0 Å². The Kier molecular flexibility index (Phi) is 2.11. The molecule has 1 aliphatic carbocycles. The smallest absolute Gasteiger partial charge is 0.315 e. The Bertz CT molecular complexity index is 370. The summed E-state index contributed by atoms with van der Waals surface area (Å²) >= 11 is 3.23. The summed E-state index contributed by atoms with van der Waals surface area (Å²) < 4.78 is 0.645. The highest BCUT2D eigenvalue weighted by Gasteiger charge is 2.53. The van der Waals surface area contributed by atoms with Crippen molar-refractivity contribution in [2.24, 2.45) is 0 Å². The van der Waals surface area contributed by atoms with E-state index in [1.165, 1.54) is 6.20 Å². The number of aliphatic hydroxyl groups is 1. The fraction of sp³-hybridized carbons (Fsp3) is 0.500. The SMILES string of the molecule is O=C(O)C1(c2[nH]ncc2Br)CC(O)C1. The van der Waals surface area contributed by atoms with Gasteiger partial charge < -0.3 is 10.2 Å². The number of carboxylic acid groups (broad SMARTS) is 1. The predicted molar refractivity (Wildman–Crippen MR) is 50.8 cm³/mol. The van der Waals surface area contributed by atoms with Gasteiger partial charge in [-0.25, -0.2) is 0 Å². The summed E-state index contributed by atoms with van der Waals surface area (Å²) in [5.41, 5.74) is -0.454. The normalized spacial score (nSPS) is 31.1. The van der Waals surface area contributed by atoms with Gasteiger partial charge in [-0.15, -0.1) is 0 Å². The van der Waals surface area contributed by atoms with Crippen LogP contribution in [0.1, 0.15) is 18.5 Å². The molecule has 3 N–H and O–H groups in total. The van der Waals surface area contributed by atoms with Gasteiger partial charge >= 0.3 is 5.97 Å². The van der Waals surface area contributed by atoms with Crippen molar-refractivity contribution in [3.8, 4) is 0 Å². The Balaban J connectivity index is 2.39. The number of carboxylic acids is 1. The third-order valence-corrected chi connectivity index (χ3v) is 3.25. The van der Waals surface area contributed by atoms with Gasteiger partial charge in [-0.2, -0.15) is 5.10 Å². The van der Waals surface area contributed by atoms with Gasteiger partial charge in [0.2, 0.25) is 0 Å². The summed E-state index contributed by atoms with van der Waals surface area (Å²) in [5, 5.41) is 24.7. The first-order valence-electron chi connectivity index (χ1n) is 4.17. The molecule has 76 valence electrons. The van der Waals surface area contributed by atoms with Crippen LogP contribution in [0.25, 0.3) is 0 Å². The minimum absolute atomic E-state index is 0.239. The van der Waals surface area contributed by atoms with Gasteiger partial charge in [0.25, 0.3) is 0 Å². The number of halogens is 1. The molecule has 0 saturated heterocycles. The molecule has 0 radical (unpaired) electrons. The van der Waals surface area contributed by atoms with E-state index in [9.17, 15) is 9.90 Å². The number of aromatic amines is 1. The lowest BCUT2D eigenvalue weighted by Crippen LogP contribution is -2.51. The number of rotatable bonds is 2. The number of aliphatic carboxylic acids is 1. The summed E-state index contributed by atoms with van der Waals surface area (Å²) in [6.45, 7) is 0. The van der Waals surface area contributed by atoms with Crippen molar-refractivity contribution in [3.63, 3.8) is 0 Å². The Labute approximate surface area is 88.3 Å². The number of aromatic nitrogens is 2. The molecule has 1 aromatic rings. The van der Waals surface area contributed by atoms with Gasteiger partial charge in [-0.05, 0) is 28.8 Å². The first-order valence-corrected chi connectivity index (χ1v) is 4.96. The van der Waals surface area contributed by atoms with Crippen LogP contribution >= 0.6 is 15.9 Å². The van der Waals surface area contributed by atoms with E-state index in [4.69, 9.17) is 5.11 Å². The minimum Gasteiger partial charge on any atom is -0.481 e. The molecule has 0 spiro atoms. The number of H-pyrrole nitrogens is 1. The lowest BCUT2D eigenvalue weighted by molar-refractivity contribution is -0.153. The molecule has 0 aliphatic heterocycles. The Morgan fingerprint density at radius 1 is 1.71 bits per heavy atom. The molecule has 1 heterocycles. The van der Waals surface area contributed by atoms with E-state index in [0.29, 0.717) is 10.2 Å². The highest BCUT2D eigenvalue weighted by molar-refractivity contribution is 9.10. The van der Waals surface area contributed by atoms with Crippen molar-refractivity contribution >= 4 is 21.9 Å². The highest BCUT2D eigenvalue weighted by atomic mass is 79.9. The molecule has 0 amide bonds. The van der Waals surface area contributed by atoms with Crippen LogP contribution in [-0.4, -0.2) is 32.5 Å². The van der Waals surface area contributed by atoms with Gasteiger partial charge in [0.05, 0.1) is 22.5 Å². The number of aliphatic hydroxyl groups excluding tert-OH is 1. The summed E-state index contributed by atoms with van der Waals surface area (Å²) in [4.78, 5) is 11.1. The fourth-order valence-electron chi connectivity index (χ4n) is 1.84. The second kappa shape index (κ2) is 3.06. The average Bonchev–Trinajstić information content (AvgIpc) is 2.45.